The lowest BCUT2D eigenvalue weighted by Gasteiger charge is -2.38. The fourth-order valence-corrected chi connectivity index (χ4v) is 6.09. The molecule has 7 heteroatoms. The molecular weight excluding hydrogens is 545 g/mol. The minimum atomic E-state index is 0.0718. The predicted molar refractivity (Wildman–Crippen MR) is 139 cm³/mol. The van der Waals surface area contributed by atoms with Gasteiger partial charge in [0.25, 0.3) is 0 Å². The van der Waals surface area contributed by atoms with Gasteiger partial charge < -0.3 is 14.8 Å². The van der Waals surface area contributed by atoms with E-state index in [9.17, 15) is 0 Å². The second kappa shape index (κ2) is 9.42. The summed E-state index contributed by atoms with van der Waals surface area (Å²) in [5.41, 5.74) is 4.23. The van der Waals surface area contributed by atoms with Gasteiger partial charge in [0.15, 0.2) is 11.5 Å². The molecule has 0 saturated carbocycles. The zero-order chi connectivity index (χ0) is 23.1. The van der Waals surface area contributed by atoms with Crippen LogP contribution in [0.1, 0.15) is 35.1 Å². The third kappa shape index (κ3) is 4.46. The molecule has 33 heavy (non-hydrogen) atoms. The molecule has 3 aromatic carbocycles. The van der Waals surface area contributed by atoms with Crippen molar-refractivity contribution < 1.29 is 9.47 Å². The van der Waals surface area contributed by atoms with Crippen LogP contribution >= 0.6 is 50.7 Å². The zero-order valence-electron chi connectivity index (χ0n) is 17.7. The lowest BCUT2D eigenvalue weighted by molar-refractivity contribution is 0.282. The van der Waals surface area contributed by atoms with Crippen LogP contribution in [0.5, 0.6) is 11.5 Å². The third-order valence-electron chi connectivity index (χ3n) is 6.29. The Hall–Kier alpha value is -1.85. The number of halogens is 4. The van der Waals surface area contributed by atoms with Crippen LogP contribution in [-0.2, 0) is 6.61 Å². The SMILES string of the molecule is COc1cc([C@@H]2Nc3cc(Cl)cc(Cl)c3[C@@H]3C=CC[C@@H]32)cc(Br)c1OCc1ccc(Cl)cc1. The summed E-state index contributed by atoms with van der Waals surface area (Å²) in [6.07, 6.45) is 5.46. The molecule has 5 rings (SSSR count). The molecule has 3 aromatic rings. The number of benzene rings is 3. The summed E-state index contributed by atoms with van der Waals surface area (Å²) in [6, 6.07) is 15.6. The van der Waals surface area contributed by atoms with Crippen molar-refractivity contribution in [2.24, 2.45) is 5.92 Å². The van der Waals surface area contributed by atoms with E-state index in [-0.39, 0.29) is 12.0 Å². The van der Waals surface area contributed by atoms with E-state index in [1.807, 2.05) is 42.5 Å². The van der Waals surface area contributed by atoms with Gasteiger partial charge in [-0.3, -0.25) is 0 Å². The maximum absolute atomic E-state index is 6.59. The highest BCUT2D eigenvalue weighted by Gasteiger charge is 2.39. The molecule has 2 aliphatic rings. The summed E-state index contributed by atoms with van der Waals surface area (Å²) in [7, 11) is 1.66. The number of hydrogen-bond acceptors (Lipinski definition) is 3. The van der Waals surface area contributed by atoms with Gasteiger partial charge in [-0.15, -0.1) is 0 Å². The van der Waals surface area contributed by atoms with E-state index in [4.69, 9.17) is 44.3 Å². The van der Waals surface area contributed by atoms with Crippen molar-refractivity contribution >= 4 is 56.4 Å². The summed E-state index contributed by atoms with van der Waals surface area (Å²) < 4.78 is 12.7. The monoisotopic (exact) mass is 563 g/mol. The lowest BCUT2D eigenvalue weighted by atomic mass is 9.77. The van der Waals surface area contributed by atoms with Crippen LogP contribution in [0.4, 0.5) is 5.69 Å². The standard InChI is InChI=1S/C26H21BrCl3NO2/c1-32-23-10-15(9-20(27)26(23)33-13-14-5-7-16(28)8-6-14)25-19-4-2-3-18(19)24-21(30)11-17(29)12-22(24)31-25/h2-3,5-12,18-19,25,31H,4,13H2,1H3/t18-,19+,25+/m1/s1. The van der Waals surface area contributed by atoms with Crippen LogP contribution in [0, 0.1) is 5.92 Å². The van der Waals surface area contributed by atoms with Crippen LogP contribution in [0.3, 0.4) is 0 Å². The van der Waals surface area contributed by atoms with Gasteiger partial charge in [0.1, 0.15) is 6.61 Å². The van der Waals surface area contributed by atoms with Crippen molar-refractivity contribution in [2.45, 2.75) is 25.0 Å². The molecule has 0 saturated heterocycles. The number of rotatable bonds is 5. The van der Waals surface area contributed by atoms with Crippen molar-refractivity contribution in [3.8, 4) is 11.5 Å². The summed E-state index contributed by atoms with van der Waals surface area (Å²) >= 11 is 22.6. The van der Waals surface area contributed by atoms with Crippen molar-refractivity contribution in [3.63, 3.8) is 0 Å². The van der Waals surface area contributed by atoms with Crippen molar-refractivity contribution in [3.05, 3.63) is 96.9 Å². The Morgan fingerprint density at radius 1 is 1.03 bits per heavy atom. The van der Waals surface area contributed by atoms with Gasteiger partial charge in [0.05, 0.1) is 17.6 Å². The third-order valence-corrected chi connectivity index (χ3v) is 7.66. The Kier molecular flexibility index (Phi) is 6.54. The quantitative estimate of drug-likeness (QED) is 0.314. The highest BCUT2D eigenvalue weighted by Crippen LogP contribution is 2.53. The average Bonchev–Trinajstić information content (AvgIpc) is 3.27. The minimum absolute atomic E-state index is 0.0718. The molecule has 0 unspecified atom stereocenters. The van der Waals surface area contributed by atoms with E-state index in [0.717, 1.165) is 33.3 Å². The largest absolute Gasteiger partial charge is 0.493 e. The fraction of sp³-hybridized carbons (Fsp3) is 0.231. The fourth-order valence-electron chi connectivity index (χ4n) is 4.77. The number of fused-ring (bicyclic) bond motifs is 3. The van der Waals surface area contributed by atoms with Crippen LogP contribution < -0.4 is 14.8 Å². The minimum Gasteiger partial charge on any atom is -0.493 e. The molecular formula is C26H21BrCl3NO2. The highest BCUT2D eigenvalue weighted by molar-refractivity contribution is 9.10. The summed E-state index contributed by atoms with van der Waals surface area (Å²) in [6.45, 7) is 0.409. The van der Waals surface area contributed by atoms with Gasteiger partial charge in [0, 0.05) is 32.2 Å². The van der Waals surface area contributed by atoms with Crippen LogP contribution in [0.2, 0.25) is 15.1 Å². The molecule has 0 aromatic heterocycles. The summed E-state index contributed by atoms with van der Waals surface area (Å²) in [5.74, 6) is 1.92. The molecule has 3 atom stereocenters. The summed E-state index contributed by atoms with van der Waals surface area (Å²) in [4.78, 5) is 0. The Bertz CT molecular complexity index is 1230. The number of methoxy groups -OCH3 is 1. The van der Waals surface area contributed by atoms with Crippen molar-refractivity contribution in [2.75, 3.05) is 12.4 Å². The zero-order valence-corrected chi connectivity index (χ0v) is 21.6. The molecule has 0 spiro atoms. The number of ether oxygens (including phenoxy) is 2. The molecule has 0 radical (unpaired) electrons. The molecule has 1 aliphatic heterocycles. The van der Waals surface area contributed by atoms with Gasteiger partial charge in [-0.2, -0.15) is 0 Å². The maximum Gasteiger partial charge on any atom is 0.175 e. The van der Waals surface area contributed by atoms with E-state index in [1.165, 1.54) is 0 Å². The average molecular weight is 566 g/mol. The number of anilines is 1. The molecule has 3 nitrogen and oxygen atoms in total. The normalized spacial score (nSPS) is 20.7. The summed E-state index contributed by atoms with van der Waals surface area (Å²) in [5, 5.41) is 5.71. The second-order valence-electron chi connectivity index (χ2n) is 8.27. The topological polar surface area (TPSA) is 30.5 Å². The van der Waals surface area contributed by atoms with Crippen LogP contribution in [0.15, 0.2) is 65.2 Å². The molecule has 170 valence electrons. The van der Waals surface area contributed by atoms with Gasteiger partial charge >= 0.3 is 0 Å². The molecule has 0 amide bonds. The molecule has 1 heterocycles. The molecule has 1 N–H and O–H groups in total. The number of nitrogens with one attached hydrogen (secondary N) is 1. The van der Waals surface area contributed by atoms with E-state index in [2.05, 4.69) is 39.5 Å². The van der Waals surface area contributed by atoms with E-state index in [1.54, 1.807) is 7.11 Å². The molecule has 0 bridgehead atoms. The Morgan fingerprint density at radius 2 is 1.82 bits per heavy atom. The number of allylic oxidation sites excluding steroid dienone is 2. The van der Waals surface area contributed by atoms with Crippen LogP contribution in [-0.4, -0.2) is 7.11 Å². The van der Waals surface area contributed by atoms with Crippen molar-refractivity contribution in [1.29, 1.82) is 0 Å². The first-order chi connectivity index (χ1) is 15.9. The van der Waals surface area contributed by atoms with Gasteiger partial charge in [-0.1, -0.05) is 59.1 Å². The molecule has 1 aliphatic carbocycles. The first-order valence-corrected chi connectivity index (χ1v) is 12.5. The van der Waals surface area contributed by atoms with Gasteiger partial charge in [0.2, 0.25) is 0 Å². The second-order valence-corrected chi connectivity index (χ2v) is 10.4. The van der Waals surface area contributed by atoms with E-state index in [0.29, 0.717) is 39.1 Å². The van der Waals surface area contributed by atoms with Crippen molar-refractivity contribution in [1.82, 2.24) is 0 Å². The Labute approximate surface area is 216 Å². The Balaban J connectivity index is 1.47. The highest BCUT2D eigenvalue weighted by atomic mass is 79.9. The Morgan fingerprint density at radius 3 is 2.58 bits per heavy atom. The van der Waals surface area contributed by atoms with Crippen LogP contribution in [0.25, 0.3) is 0 Å². The van der Waals surface area contributed by atoms with Gasteiger partial charge in [-0.25, -0.2) is 0 Å². The smallest absolute Gasteiger partial charge is 0.175 e. The predicted octanol–water partition coefficient (Wildman–Crippen LogP) is 8.82. The van der Waals surface area contributed by atoms with E-state index < -0.39 is 0 Å². The lowest BCUT2D eigenvalue weighted by Crippen LogP contribution is -2.29. The van der Waals surface area contributed by atoms with Gasteiger partial charge in [-0.05, 0) is 75.8 Å². The first kappa shape index (κ1) is 22.9. The first-order valence-electron chi connectivity index (χ1n) is 10.6. The molecule has 0 fully saturated rings. The maximum atomic E-state index is 6.59. The number of hydrogen-bond donors (Lipinski definition) is 1. The van der Waals surface area contributed by atoms with E-state index >= 15 is 0 Å².